The number of sulfonamides is 1. The number of non-ortho nitro benzene ring substituents is 1. The van der Waals surface area contributed by atoms with Crippen LogP contribution in [0.5, 0.6) is 0 Å². The van der Waals surface area contributed by atoms with Crippen LogP contribution in [-0.4, -0.2) is 19.1 Å². The van der Waals surface area contributed by atoms with Crippen LogP contribution >= 0.6 is 0 Å². The summed E-state index contributed by atoms with van der Waals surface area (Å²) >= 11 is 0. The van der Waals surface area contributed by atoms with Crippen molar-refractivity contribution < 1.29 is 13.3 Å². The van der Waals surface area contributed by atoms with Crippen LogP contribution < -0.4 is 4.72 Å². The number of aryl methyl sites for hydroxylation is 2. The number of rotatable bonds is 10. The minimum atomic E-state index is -3.42. The average Bonchev–Trinajstić information content (AvgIpc) is 2.51. The van der Waals surface area contributed by atoms with Gasteiger partial charge < -0.3 is 0 Å². The Morgan fingerprint density at radius 2 is 1.52 bits per heavy atom. The number of anilines is 1. The molecule has 0 saturated heterocycles. The summed E-state index contributed by atoms with van der Waals surface area (Å²) in [6.45, 7) is 5.64. The fourth-order valence-electron chi connectivity index (χ4n) is 2.34. The average molecular weight is 342 g/mol. The van der Waals surface area contributed by atoms with Crippen LogP contribution in [0.1, 0.15) is 57.6 Å². The van der Waals surface area contributed by atoms with Crippen LogP contribution in [0, 0.1) is 10.1 Å². The predicted octanol–water partition coefficient (Wildman–Crippen LogP) is 4.04. The molecule has 0 aliphatic carbocycles. The van der Waals surface area contributed by atoms with Crippen LogP contribution in [0.3, 0.4) is 0 Å². The van der Waals surface area contributed by atoms with Crippen molar-refractivity contribution in [2.75, 3.05) is 10.5 Å². The minimum Gasteiger partial charge on any atom is -0.283 e. The molecular formula is C16H26N2O4S. The van der Waals surface area contributed by atoms with Gasteiger partial charge in [0.2, 0.25) is 10.0 Å². The van der Waals surface area contributed by atoms with Crippen LogP contribution in [-0.2, 0) is 22.9 Å². The smallest absolute Gasteiger partial charge is 0.270 e. The molecule has 0 amide bonds. The quantitative estimate of drug-likeness (QED) is 0.513. The first-order valence-electron chi connectivity index (χ1n) is 8.15. The molecule has 0 heterocycles. The van der Waals surface area contributed by atoms with Crippen molar-refractivity contribution in [1.82, 2.24) is 0 Å². The number of nitrogens with zero attached hydrogens (tertiary/aromatic N) is 1. The monoisotopic (exact) mass is 342 g/mol. The molecule has 1 aromatic carbocycles. The molecule has 130 valence electrons. The van der Waals surface area contributed by atoms with Gasteiger partial charge in [0.25, 0.3) is 5.69 Å². The summed E-state index contributed by atoms with van der Waals surface area (Å²) in [7, 11) is -3.42. The number of hydrogen-bond donors (Lipinski definition) is 1. The molecule has 0 aliphatic rings. The maximum Gasteiger partial charge on any atom is 0.270 e. The Labute approximate surface area is 138 Å². The lowest BCUT2D eigenvalue weighted by Crippen LogP contribution is -2.17. The molecule has 1 rings (SSSR count). The SMILES string of the molecule is CCCCc1cc([N+](=O)[O-])cc(CCCC)c1NS(=O)(=O)CC. The summed E-state index contributed by atoms with van der Waals surface area (Å²) < 4.78 is 26.6. The van der Waals surface area contributed by atoms with E-state index in [0.717, 1.165) is 25.7 Å². The molecule has 1 N–H and O–H groups in total. The Kier molecular flexibility index (Phi) is 7.48. The van der Waals surface area contributed by atoms with Gasteiger partial charge in [0.1, 0.15) is 0 Å². The van der Waals surface area contributed by atoms with Crippen molar-refractivity contribution in [2.45, 2.75) is 59.3 Å². The first-order valence-corrected chi connectivity index (χ1v) is 9.80. The van der Waals surface area contributed by atoms with Crippen LogP contribution in [0.15, 0.2) is 12.1 Å². The van der Waals surface area contributed by atoms with E-state index >= 15 is 0 Å². The zero-order chi connectivity index (χ0) is 17.5. The van der Waals surface area contributed by atoms with E-state index in [4.69, 9.17) is 0 Å². The third-order valence-corrected chi connectivity index (χ3v) is 5.01. The zero-order valence-electron chi connectivity index (χ0n) is 14.1. The highest BCUT2D eigenvalue weighted by Gasteiger charge is 2.19. The zero-order valence-corrected chi connectivity index (χ0v) is 14.9. The number of nitrogens with one attached hydrogen (secondary N) is 1. The standard InChI is InChI=1S/C16H26N2O4S/c1-4-7-9-13-11-15(18(19)20)12-14(10-8-5-2)16(13)17-23(21,22)6-3/h11-12,17H,4-10H2,1-3H3. The summed E-state index contributed by atoms with van der Waals surface area (Å²) in [6, 6.07) is 3.00. The molecular weight excluding hydrogens is 316 g/mol. The highest BCUT2D eigenvalue weighted by molar-refractivity contribution is 7.92. The van der Waals surface area contributed by atoms with Crippen molar-refractivity contribution >= 4 is 21.4 Å². The molecule has 23 heavy (non-hydrogen) atoms. The van der Waals surface area contributed by atoms with E-state index in [9.17, 15) is 18.5 Å². The van der Waals surface area contributed by atoms with Crippen molar-refractivity contribution in [2.24, 2.45) is 0 Å². The topological polar surface area (TPSA) is 89.3 Å². The number of unbranched alkanes of at least 4 members (excludes halogenated alkanes) is 2. The van der Waals surface area contributed by atoms with E-state index in [1.165, 1.54) is 12.1 Å². The molecule has 0 spiro atoms. The molecule has 0 radical (unpaired) electrons. The summed E-state index contributed by atoms with van der Waals surface area (Å²) in [5.41, 5.74) is 1.99. The minimum absolute atomic E-state index is 0.0234. The maximum atomic E-state index is 12.0. The summed E-state index contributed by atoms with van der Waals surface area (Å²) in [5, 5.41) is 11.2. The summed E-state index contributed by atoms with van der Waals surface area (Å²) in [4.78, 5) is 10.8. The van der Waals surface area contributed by atoms with Gasteiger partial charge in [0, 0.05) is 12.1 Å². The van der Waals surface area contributed by atoms with Gasteiger partial charge in [-0.25, -0.2) is 8.42 Å². The fourth-order valence-corrected chi connectivity index (χ4v) is 3.06. The first kappa shape index (κ1) is 19.4. The first-order chi connectivity index (χ1) is 10.8. The molecule has 0 fully saturated rings. The lowest BCUT2D eigenvalue weighted by Gasteiger charge is -2.16. The van der Waals surface area contributed by atoms with Gasteiger partial charge in [0.05, 0.1) is 16.4 Å². The van der Waals surface area contributed by atoms with Gasteiger partial charge in [0.15, 0.2) is 0 Å². The van der Waals surface area contributed by atoms with Crippen LogP contribution in [0.25, 0.3) is 0 Å². The highest BCUT2D eigenvalue weighted by atomic mass is 32.2. The highest BCUT2D eigenvalue weighted by Crippen LogP contribution is 2.31. The molecule has 0 saturated carbocycles. The van der Waals surface area contributed by atoms with E-state index in [0.29, 0.717) is 29.7 Å². The fraction of sp³-hybridized carbons (Fsp3) is 0.625. The molecule has 0 atom stereocenters. The molecule has 7 heteroatoms. The summed E-state index contributed by atoms with van der Waals surface area (Å²) in [6.07, 6.45) is 4.84. The Morgan fingerprint density at radius 1 is 1.04 bits per heavy atom. The van der Waals surface area contributed by atoms with Crippen molar-refractivity contribution in [3.8, 4) is 0 Å². The van der Waals surface area contributed by atoms with Crippen LogP contribution in [0.2, 0.25) is 0 Å². The predicted molar refractivity (Wildman–Crippen MR) is 93.4 cm³/mol. The van der Waals surface area contributed by atoms with Crippen LogP contribution in [0.4, 0.5) is 11.4 Å². The second-order valence-corrected chi connectivity index (χ2v) is 7.62. The number of hydrogen-bond acceptors (Lipinski definition) is 4. The van der Waals surface area contributed by atoms with E-state index in [1.54, 1.807) is 6.92 Å². The third-order valence-electron chi connectivity index (χ3n) is 3.73. The Morgan fingerprint density at radius 3 is 1.87 bits per heavy atom. The maximum absolute atomic E-state index is 12.0. The third kappa shape index (κ3) is 5.82. The second-order valence-electron chi connectivity index (χ2n) is 5.61. The number of nitro benzene ring substituents is 1. The summed E-state index contributed by atoms with van der Waals surface area (Å²) in [5.74, 6) is -0.0234. The Hall–Kier alpha value is -1.63. The van der Waals surface area contributed by atoms with Gasteiger partial charge in [-0.15, -0.1) is 0 Å². The molecule has 0 bridgehead atoms. The van der Waals surface area contributed by atoms with Gasteiger partial charge in [-0.2, -0.15) is 0 Å². The Balaban J connectivity index is 3.40. The van der Waals surface area contributed by atoms with Gasteiger partial charge in [-0.1, -0.05) is 26.7 Å². The second kappa shape index (κ2) is 8.86. The van der Waals surface area contributed by atoms with Gasteiger partial charge >= 0.3 is 0 Å². The lowest BCUT2D eigenvalue weighted by atomic mass is 9.98. The van der Waals surface area contributed by atoms with E-state index in [-0.39, 0.29) is 11.4 Å². The molecule has 0 unspecified atom stereocenters. The number of nitro groups is 1. The van der Waals surface area contributed by atoms with Gasteiger partial charge in [-0.05, 0) is 43.7 Å². The molecule has 1 aromatic rings. The van der Waals surface area contributed by atoms with Crippen molar-refractivity contribution in [3.63, 3.8) is 0 Å². The lowest BCUT2D eigenvalue weighted by molar-refractivity contribution is -0.385. The molecule has 0 aromatic heterocycles. The van der Waals surface area contributed by atoms with E-state index < -0.39 is 14.9 Å². The van der Waals surface area contributed by atoms with Crippen molar-refractivity contribution in [3.05, 3.63) is 33.4 Å². The molecule has 6 nitrogen and oxygen atoms in total. The number of benzene rings is 1. The normalized spacial score (nSPS) is 11.4. The van der Waals surface area contributed by atoms with E-state index in [1.807, 2.05) is 13.8 Å². The Bertz CT molecular complexity index is 612. The largest absolute Gasteiger partial charge is 0.283 e. The molecule has 0 aliphatic heterocycles. The van der Waals surface area contributed by atoms with E-state index in [2.05, 4.69) is 4.72 Å². The van der Waals surface area contributed by atoms with Gasteiger partial charge in [-0.3, -0.25) is 14.8 Å². The van der Waals surface area contributed by atoms with Crippen molar-refractivity contribution in [1.29, 1.82) is 0 Å².